The summed E-state index contributed by atoms with van der Waals surface area (Å²) in [6, 6.07) is 39.6. The van der Waals surface area contributed by atoms with Crippen LogP contribution in [0.5, 0.6) is 0 Å². The van der Waals surface area contributed by atoms with Gasteiger partial charge in [-0.3, -0.25) is 9.59 Å². The topological polar surface area (TPSA) is 103 Å². The number of carbonyl (C=O) groups is 2. The molecular formula is C42H53NO7Si2. The molecule has 0 bridgehead atoms. The zero-order valence-electron chi connectivity index (χ0n) is 31.5. The van der Waals surface area contributed by atoms with Crippen molar-refractivity contribution in [1.82, 2.24) is 5.32 Å². The molecule has 2 N–H and O–H groups in total. The Morgan fingerprint density at radius 2 is 1.04 bits per heavy atom. The zero-order valence-corrected chi connectivity index (χ0v) is 33.5. The lowest BCUT2D eigenvalue weighted by molar-refractivity contribution is -0.255. The molecule has 1 heterocycles. The third-order valence-electron chi connectivity index (χ3n) is 9.95. The summed E-state index contributed by atoms with van der Waals surface area (Å²) in [7, 11) is -6.39. The second-order valence-electron chi connectivity index (χ2n) is 15.6. The number of ether oxygens (including phenoxy) is 2. The van der Waals surface area contributed by atoms with Crippen molar-refractivity contribution in [1.29, 1.82) is 0 Å². The number of amides is 1. The van der Waals surface area contributed by atoms with Crippen LogP contribution in [0.25, 0.3) is 0 Å². The van der Waals surface area contributed by atoms with Crippen LogP contribution in [-0.2, 0) is 27.9 Å². The van der Waals surface area contributed by atoms with Crippen molar-refractivity contribution >= 4 is 49.3 Å². The maximum atomic E-state index is 13.0. The van der Waals surface area contributed by atoms with E-state index in [0.717, 1.165) is 20.7 Å². The Hall–Kier alpha value is -3.91. The lowest BCUT2D eigenvalue weighted by Crippen LogP contribution is -2.74. The summed E-state index contributed by atoms with van der Waals surface area (Å²) in [6.45, 7) is 15.7. The molecule has 1 aliphatic heterocycles. The molecule has 4 aromatic rings. The highest BCUT2D eigenvalue weighted by Gasteiger charge is 2.58. The van der Waals surface area contributed by atoms with Crippen LogP contribution in [0.2, 0.25) is 10.1 Å². The predicted molar refractivity (Wildman–Crippen MR) is 210 cm³/mol. The molecule has 1 saturated heterocycles. The number of hydrogen-bond donors (Lipinski definition) is 2. The van der Waals surface area contributed by atoms with Crippen molar-refractivity contribution in [2.24, 2.45) is 0 Å². The smallest absolute Gasteiger partial charge is 0.303 e. The van der Waals surface area contributed by atoms with Gasteiger partial charge in [-0.25, -0.2) is 0 Å². The SMILES string of the molecule is CC(=O)N[C@@H]1[C@@H](O[Si](c2ccccc2)(c2ccccc2)C(C)(C)C)[C@H](OC(C)=O)[C@@H](CO[Si](c2ccccc2)(c2ccccc2)C(C)(C)C)O[C@H]1O. The largest absolute Gasteiger partial charge is 0.457 e. The fourth-order valence-electron chi connectivity index (χ4n) is 7.78. The first kappa shape index (κ1) is 39.3. The Morgan fingerprint density at radius 3 is 1.38 bits per heavy atom. The van der Waals surface area contributed by atoms with E-state index in [2.05, 4.69) is 95.4 Å². The summed E-state index contributed by atoms with van der Waals surface area (Å²) in [4.78, 5) is 25.8. The van der Waals surface area contributed by atoms with Crippen molar-refractivity contribution in [3.8, 4) is 0 Å². The second kappa shape index (κ2) is 16.0. The number of rotatable bonds is 11. The Balaban J connectivity index is 1.68. The van der Waals surface area contributed by atoms with Crippen molar-refractivity contribution in [2.45, 2.75) is 96.1 Å². The standard InChI is InChI=1S/C42H53NO7Si2/c1-30(44)43-37-39(50-52(42(6,7)8,34-25-17-11-18-26-34)35-27-19-12-20-28-35)38(48-31(2)45)36(49-40(37)46)29-47-51(41(3,4)5,32-21-13-9-14-22-32)33-23-15-10-16-24-33/h9-28,36-40,46H,29H2,1-8H3,(H,43,44)/t36-,37-,38-,39-,40-/m1/s1. The Morgan fingerprint density at radius 1 is 0.654 bits per heavy atom. The van der Waals surface area contributed by atoms with E-state index in [1.807, 2.05) is 72.8 Å². The molecule has 10 heteroatoms. The van der Waals surface area contributed by atoms with Crippen LogP contribution in [0.1, 0.15) is 55.4 Å². The average molecular weight is 740 g/mol. The quantitative estimate of drug-likeness (QED) is 0.171. The molecule has 0 aliphatic carbocycles. The second-order valence-corrected chi connectivity index (χ2v) is 24.1. The molecule has 276 valence electrons. The minimum Gasteiger partial charge on any atom is -0.457 e. The number of hydrogen-bond acceptors (Lipinski definition) is 7. The van der Waals surface area contributed by atoms with Crippen LogP contribution < -0.4 is 26.1 Å². The van der Waals surface area contributed by atoms with Gasteiger partial charge >= 0.3 is 5.97 Å². The molecule has 5 atom stereocenters. The van der Waals surface area contributed by atoms with Gasteiger partial charge in [0.25, 0.3) is 16.6 Å². The van der Waals surface area contributed by atoms with Crippen LogP contribution in [-0.4, -0.2) is 70.9 Å². The van der Waals surface area contributed by atoms with Gasteiger partial charge in [-0.2, -0.15) is 0 Å². The molecule has 5 rings (SSSR count). The van der Waals surface area contributed by atoms with E-state index in [0.29, 0.717) is 0 Å². The predicted octanol–water partition coefficient (Wildman–Crippen LogP) is 4.66. The summed E-state index contributed by atoms with van der Waals surface area (Å²) < 4.78 is 27.4. The highest BCUT2D eigenvalue weighted by atomic mass is 28.4. The summed E-state index contributed by atoms with van der Waals surface area (Å²) >= 11 is 0. The molecule has 0 saturated carbocycles. The molecule has 1 fully saturated rings. The van der Waals surface area contributed by atoms with Gasteiger partial charge in [0.15, 0.2) is 12.4 Å². The van der Waals surface area contributed by atoms with E-state index in [-0.39, 0.29) is 17.6 Å². The van der Waals surface area contributed by atoms with E-state index >= 15 is 0 Å². The van der Waals surface area contributed by atoms with Crippen LogP contribution >= 0.6 is 0 Å². The first-order valence-electron chi connectivity index (χ1n) is 17.9. The van der Waals surface area contributed by atoms with Crippen molar-refractivity contribution in [3.05, 3.63) is 121 Å². The zero-order chi connectivity index (χ0) is 37.7. The molecule has 1 amide bonds. The molecular weight excluding hydrogens is 687 g/mol. The maximum Gasteiger partial charge on any atom is 0.303 e. The lowest BCUT2D eigenvalue weighted by Gasteiger charge is -2.51. The van der Waals surface area contributed by atoms with Gasteiger partial charge in [0.2, 0.25) is 5.91 Å². The fraction of sp³-hybridized carbons (Fsp3) is 0.381. The molecule has 0 unspecified atom stereocenters. The number of nitrogens with one attached hydrogen (secondary N) is 1. The molecule has 8 nitrogen and oxygen atoms in total. The van der Waals surface area contributed by atoms with Gasteiger partial charge in [-0.05, 0) is 30.8 Å². The van der Waals surface area contributed by atoms with Gasteiger partial charge in [0.05, 0.1) is 6.61 Å². The molecule has 52 heavy (non-hydrogen) atoms. The fourth-order valence-corrected chi connectivity index (χ4v) is 17.1. The van der Waals surface area contributed by atoms with E-state index < -0.39 is 58.3 Å². The number of benzene rings is 4. The van der Waals surface area contributed by atoms with Crippen LogP contribution in [0, 0.1) is 0 Å². The van der Waals surface area contributed by atoms with Crippen LogP contribution in [0.4, 0.5) is 0 Å². The Bertz CT molecular complexity index is 1680. The summed E-state index contributed by atoms with van der Waals surface area (Å²) in [6.07, 6.45) is -4.52. The minimum absolute atomic E-state index is 0.0182. The third-order valence-corrected chi connectivity index (χ3v) is 20.0. The summed E-state index contributed by atoms with van der Waals surface area (Å²) in [5.74, 6) is -0.926. The number of carbonyl (C=O) groups excluding carboxylic acids is 2. The average Bonchev–Trinajstić information content (AvgIpc) is 3.10. The molecule has 1 aliphatic rings. The Kier molecular flexibility index (Phi) is 12.1. The minimum atomic E-state index is -3.32. The first-order chi connectivity index (χ1) is 24.6. The van der Waals surface area contributed by atoms with Gasteiger partial charge in [0.1, 0.15) is 18.2 Å². The first-order valence-corrected chi connectivity index (χ1v) is 21.7. The number of aliphatic hydroxyl groups excluding tert-OH is 1. The van der Waals surface area contributed by atoms with E-state index in [1.165, 1.54) is 13.8 Å². The lowest BCUT2D eigenvalue weighted by atomic mass is 9.96. The molecule has 4 aromatic carbocycles. The number of aliphatic hydroxyl groups is 1. The normalized spacial score (nSPS) is 21.3. The van der Waals surface area contributed by atoms with E-state index in [9.17, 15) is 14.7 Å². The van der Waals surface area contributed by atoms with E-state index in [4.69, 9.17) is 18.3 Å². The highest BCUT2D eigenvalue weighted by molar-refractivity contribution is 7.00. The van der Waals surface area contributed by atoms with E-state index in [1.54, 1.807) is 0 Å². The van der Waals surface area contributed by atoms with Crippen molar-refractivity contribution in [3.63, 3.8) is 0 Å². The Labute approximate surface area is 310 Å². The number of esters is 1. The van der Waals surface area contributed by atoms with Crippen LogP contribution in [0.15, 0.2) is 121 Å². The highest BCUT2D eigenvalue weighted by Crippen LogP contribution is 2.41. The van der Waals surface area contributed by atoms with Gasteiger partial charge in [-0.1, -0.05) is 163 Å². The molecule has 0 spiro atoms. The summed E-state index contributed by atoms with van der Waals surface area (Å²) in [5, 5.41) is 18.0. The molecule has 0 radical (unpaired) electrons. The third kappa shape index (κ3) is 7.88. The van der Waals surface area contributed by atoms with Gasteiger partial charge < -0.3 is 28.7 Å². The van der Waals surface area contributed by atoms with Crippen molar-refractivity contribution in [2.75, 3.05) is 6.61 Å². The maximum absolute atomic E-state index is 13.0. The van der Waals surface area contributed by atoms with Crippen molar-refractivity contribution < 1.29 is 33.0 Å². The summed E-state index contributed by atoms with van der Waals surface area (Å²) in [5.41, 5.74) is 0. The molecule has 0 aromatic heterocycles. The van der Waals surface area contributed by atoms with Crippen LogP contribution in [0.3, 0.4) is 0 Å². The van der Waals surface area contributed by atoms with Gasteiger partial charge in [0, 0.05) is 13.8 Å². The van der Waals surface area contributed by atoms with Gasteiger partial charge in [-0.15, -0.1) is 0 Å². The monoisotopic (exact) mass is 739 g/mol.